The molecule has 0 aliphatic rings. The first kappa shape index (κ1) is 14.0. The van der Waals surface area contributed by atoms with Gasteiger partial charge in [0.25, 0.3) is 0 Å². The highest BCUT2D eigenvalue weighted by Crippen LogP contribution is 2.22. The van der Waals surface area contributed by atoms with Crippen LogP contribution in [-0.2, 0) is 13.0 Å². The Morgan fingerprint density at radius 2 is 2.33 bits per heavy atom. The number of H-pyrrole nitrogens is 1. The highest BCUT2D eigenvalue weighted by atomic mass is 35.5. The summed E-state index contributed by atoms with van der Waals surface area (Å²) >= 11 is 6.97. The van der Waals surface area contributed by atoms with Gasteiger partial charge in [-0.15, -0.1) is 11.6 Å². The van der Waals surface area contributed by atoms with Crippen molar-refractivity contribution < 1.29 is 4.74 Å². The summed E-state index contributed by atoms with van der Waals surface area (Å²) in [5.41, 5.74) is 2.06. The van der Waals surface area contributed by atoms with Crippen molar-refractivity contribution in [3.63, 3.8) is 0 Å². The third-order valence-electron chi connectivity index (χ3n) is 2.99. The number of aryl methyl sites for hydroxylation is 1. The second-order valence-electron chi connectivity index (χ2n) is 4.28. The van der Waals surface area contributed by atoms with E-state index in [2.05, 4.69) is 19.9 Å². The molecule has 110 valence electrons. The minimum atomic E-state index is -0.0829. The topological polar surface area (TPSA) is 85.7 Å². The molecule has 0 amide bonds. The number of hydrogen-bond donors (Lipinski definition) is 1. The Labute approximate surface area is 128 Å². The summed E-state index contributed by atoms with van der Waals surface area (Å²) in [4.78, 5) is 26.8. The van der Waals surface area contributed by atoms with E-state index in [0.29, 0.717) is 35.9 Å². The maximum atomic E-state index is 11.3. The van der Waals surface area contributed by atoms with E-state index in [0.717, 1.165) is 22.9 Å². The van der Waals surface area contributed by atoms with Crippen molar-refractivity contribution in [2.24, 2.45) is 0 Å². The molecule has 0 radical (unpaired) electrons. The number of hydrogen-bond acceptors (Lipinski definition) is 6. The zero-order valence-corrected chi connectivity index (χ0v) is 12.7. The van der Waals surface area contributed by atoms with Gasteiger partial charge in [0, 0.05) is 23.4 Å². The van der Waals surface area contributed by atoms with Gasteiger partial charge in [-0.2, -0.15) is 4.98 Å². The molecule has 0 fully saturated rings. The molecular formula is C12H12ClN5O2S. The average Bonchev–Trinajstić information content (AvgIpc) is 3.04. The average molecular weight is 326 g/mol. The molecule has 0 atom stereocenters. The van der Waals surface area contributed by atoms with E-state index >= 15 is 0 Å². The van der Waals surface area contributed by atoms with Crippen LogP contribution in [0.2, 0.25) is 0 Å². The standard InChI is InChI=1S/C12H12ClN5O2S/c1-20-11-9-10(14-6-15-11)18(8(17-9)2-3-13)4-7-5-21-12(19)16-7/h5-6H,2-4H2,1H3,(H,16,19). The minimum Gasteiger partial charge on any atom is -0.479 e. The van der Waals surface area contributed by atoms with Gasteiger partial charge in [0.05, 0.1) is 13.7 Å². The largest absolute Gasteiger partial charge is 0.479 e. The van der Waals surface area contributed by atoms with Crippen molar-refractivity contribution in [1.82, 2.24) is 24.5 Å². The van der Waals surface area contributed by atoms with Crippen LogP contribution in [0.1, 0.15) is 11.5 Å². The molecule has 21 heavy (non-hydrogen) atoms. The normalized spacial score (nSPS) is 11.1. The first-order valence-corrected chi connectivity index (χ1v) is 7.61. The van der Waals surface area contributed by atoms with Crippen LogP contribution in [0.3, 0.4) is 0 Å². The Hall–Kier alpha value is -1.93. The molecule has 1 N–H and O–H groups in total. The number of alkyl halides is 1. The zero-order valence-electron chi connectivity index (χ0n) is 11.2. The van der Waals surface area contributed by atoms with Crippen LogP contribution in [0, 0.1) is 0 Å². The fraction of sp³-hybridized carbons (Fsp3) is 0.333. The van der Waals surface area contributed by atoms with E-state index in [4.69, 9.17) is 16.3 Å². The van der Waals surface area contributed by atoms with Gasteiger partial charge in [0.15, 0.2) is 11.2 Å². The second-order valence-corrected chi connectivity index (χ2v) is 5.50. The van der Waals surface area contributed by atoms with E-state index < -0.39 is 0 Å². The SMILES string of the molecule is COc1ncnc2c1nc(CCCl)n2Cc1csc(=O)[nH]1. The van der Waals surface area contributed by atoms with E-state index in [9.17, 15) is 4.79 Å². The number of fused-ring (bicyclic) bond motifs is 1. The summed E-state index contributed by atoms with van der Waals surface area (Å²) in [5, 5.41) is 1.79. The number of aromatic nitrogens is 5. The summed E-state index contributed by atoms with van der Waals surface area (Å²) in [7, 11) is 1.54. The first-order valence-electron chi connectivity index (χ1n) is 6.19. The van der Waals surface area contributed by atoms with Gasteiger partial charge < -0.3 is 14.3 Å². The van der Waals surface area contributed by atoms with Gasteiger partial charge >= 0.3 is 4.87 Å². The van der Waals surface area contributed by atoms with Crippen LogP contribution >= 0.6 is 22.9 Å². The molecule has 3 heterocycles. The lowest BCUT2D eigenvalue weighted by atomic mass is 10.4. The molecule has 3 aromatic rings. The van der Waals surface area contributed by atoms with Crippen LogP contribution in [0.5, 0.6) is 5.88 Å². The summed E-state index contributed by atoms with van der Waals surface area (Å²) < 4.78 is 7.13. The Morgan fingerprint density at radius 3 is 3.00 bits per heavy atom. The van der Waals surface area contributed by atoms with E-state index in [1.54, 1.807) is 12.5 Å². The molecule has 0 saturated heterocycles. The van der Waals surface area contributed by atoms with E-state index in [1.165, 1.54) is 6.33 Å². The summed E-state index contributed by atoms with van der Waals surface area (Å²) in [6, 6.07) is 0. The Bertz CT molecular complexity index is 825. The van der Waals surface area contributed by atoms with Gasteiger partial charge in [-0.25, -0.2) is 9.97 Å². The molecule has 0 aliphatic carbocycles. The van der Waals surface area contributed by atoms with Crippen LogP contribution in [0.4, 0.5) is 0 Å². The predicted molar refractivity (Wildman–Crippen MR) is 80.3 cm³/mol. The van der Waals surface area contributed by atoms with Crippen molar-refractivity contribution in [1.29, 1.82) is 0 Å². The zero-order chi connectivity index (χ0) is 14.8. The van der Waals surface area contributed by atoms with Crippen molar-refractivity contribution in [2.75, 3.05) is 13.0 Å². The molecule has 3 rings (SSSR count). The number of aromatic amines is 1. The monoisotopic (exact) mass is 325 g/mol. The number of ether oxygens (including phenoxy) is 1. The van der Waals surface area contributed by atoms with Gasteiger partial charge in [0.2, 0.25) is 5.88 Å². The maximum absolute atomic E-state index is 11.3. The van der Waals surface area contributed by atoms with Crippen molar-refractivity contribution >= 4 is 34.1 Å². The number of thiazole rings is 1. The van der Waals surface area contributed by atoms with E-state index in [-0.39, 0.29) is 4.87 Å². The molecule has 7 nitrogen and oxygen atoms in total. The first-order chi connectivity index (χ1) is 10.2. The lowest BCUT2D eigenvalue weighted by Crippen LogP contribution is -2.08. The number of imidazole rings is 1. The van der Waals surface area contributed by atoms with Crippen LogP contribution in [0.25, 0.3) is 11.2 Å². The third-order valence-corrected chi connectivity index (χ3v) is 3.90. The van der Waals surface area contributed by atoms with Gasteiger partial charge in [-0.1, -0.05) is 11.3 Å². The lowest BCUT2D eigenvalue weighted by Gasteiger charge is -2.06. The molecule has 3 aromatic heterocycles. The van der Waals surface area contributed by atoms with Gasteiger partial charge in [0.1, 0.15) is 12.2 Å². The molecule has 9 heteroatoms. The number of halogens is 1. The Balaban J connectivity index is 2.13. The van der Waals surface area contributed by atoms with Crippen LogP contribution < -0.4 is 9.61 Å². The third kappa shape index (κ3) is 2.64. The fourth-order valence-electron chi connectivity index (χ4n) is 2.11. The second kappa shape index (κ2) is 5.82. The van der Waals surface area contributed by atoms with Gasteiger partial charge in [-0.05, 0) is 0 Å². The number of methoxy groups -OCH3 is 1. The lowest BCUT2D eigenvalue weighted by molar-refractivity contribution is 0.401. The molecule has 0 aromatic carbocycles. The van der Waals surface area contributed by atoms with Crippen molar-refractivity contribution in [2.45, 2.75) is 13.0 Å². The molecule has 0 unspecified atom stereocenters. The maximum Gasteiger partial charge on any atom is 0.304 e. The van der Waals surface area contributed by atoms with Crippen molar-refractivity contribution in [3.05, 3.63) is 32.9 Å². The number of rotatable bonds is 5. The van der Waals surface area contributed by atoms with Crippen LogP contribution in [0.15, 0.2) is 16.5 Å². The molecule has 0 saturated carbocycles. The van der Waals surface area contributed by atoms with Crippen LogP contribution in [-0.4, -0.2) is 37.5 Å². The van der Waals surface area contributed by atoms with Gasteiger partial charge in [-0.3, -0.25) is 4.79 Å². The highest BCUT2D eigenvalue weighted by molar-refractivity contribution is 7.07. The van der Waals surface area contributed by atoms with Crippen molar-refractivity contribution in [3.8, 4) is 5.88 Å². The fourth-order valence-corrected chi connectivity index (χ4v) is 2.86. The Kier molecular flexibility index (Phi) is 3.89. The predicted octanol–water partition coefficient (Wildman–Crippen LogP) is 1.41. The Morgan fingerprint density at radius 1 is 1.48 bits per heavy atom. The summed E-state index contributed by atoms with van der Waals surface area (Å²) in [6.45, 7) is 0.474. The summed E-state index contributed by atoms with van der Waals surface area (Å²) in [6.07, 6.45) is 2.02. The number of nitrogens with zero attached hydrogens (tertiary/aromatic N) is 4. The molecule has 0 aliphatic heterocycles. The molecule has 0 spiro atoms. The minimum absolute atomic E-state index is 0.0829. The number of nitrogens with one attached hydrogen (secondary N) is 1. The highest BCUT2D eigenvalue weighted by Gasteiger charge is 2.16. The van der Waals surface area contributed by atoms with E-state index in [1.807, 2.05) is 4.57 Å². The smallest absolute Gasteiger partial charge is 0.304 e. The molecule has 0 bridgehead atoms. The summed E-state index contributed by atoms with van der Waals surface area (Å²) in [5.74, 6) is 1.65. The quantitative estimate of drug-likeness (QED) is 0.717. The molecular weight excluding hydrogens is 314 g/mol.